The van der Waals surface area contributed by atoms with Crippen LogP contribution >= 0.6 is 0 Å². The molecule has 2 aliphatic carbocycles. The van der Waals surface area contributed by atoms with E-state index in [0.717, 1.165) is 17.9 Å². The first kappa shape index (κ1) is 16.3. The summed E-state index contributed by atoms with van der Waals surface area (Å²) in [4.78, 5) is 2.67. The smallest absolute Gasteiger partial charge is 0.00923 e. The molecule has 2 saturated carbocycles. The molecule has 1 unspecified atom stereocenters. The Bertz CT molecular complexity index is 277. The lowest BCUT2D eigenvalue weighted by Gasteiger charge is -2.43. The van der Waals surface area contributed by atoms with Gasteiger partial charge in [0.2, 0.25) is 0 Å². The Morgan fingerprint density at radius 3 is 2.40 bits per heavy atom. The van der Waals surface area contributed by atoms with Crippen molar-refractivity contribution < 1.29 is 0 Å². The van der Waals surface area contributed by atoms with Gasteiger partial charge in [-0.3, -0.25) is 0 Å². The van der Waals surface area contributed by atoms with Gasteiger partial charge in [-0.2, -0.15) is 0 Å². The summed E-state index contributed by atoms with van der Waals surface area (Å²) >= 11 is 0. The van der Waals surface area contributed by atoms with Gasteiger partial charge in [-0.1, -0.05) is 26.7 Å². The quantitative estimate of drug-likeness (QED) is 0.678. The highest BCUT2D eigenvalue weighted by Gasteiger charge is 2.38. The molecule has 0 aliphatic heterocycles. The zero-order valence-electron chi connectivity index (χ0n) is 14.3. The maximum atomic E-state index is 3.72. The predicted molar refractivity (Wildman–Crippen MR) is 88.0 cm³/mol. The van der Waals surface area contributed by atoms with Crippen LogP contribution in [0.3, 0.4) is 0 Å². The third-order valence-corrected chi connectivity index (χ3v) is 5.85. The van der Waals surface area contributed by atoms with Crippen molar-refractivity contribution in [2.45, 2.75) is 71.8 Å². The minimum atomic E-state index is 0.541. The molecule has 0 heterocycles. The van der Waals surface area contributed by atoms with Gasteiger partial charge in [0, 0.05) is 19.1 Å². The van der Waals surface area contributed by atoms with Gasteiger partial charge in [0.1, 0.15) is 0 Å². The number of rotatable bonds is 8. The van der Waals surface area contributed by atoms with Gasteiger partial charge in [-0.05, 0) is 69.9 Å². The predicted octanol–water partition coefficient (Wildman–Crippen LogP) is 3.91. The SMILES string of the molecule is CCCNCC1(CN(C)C(C)C2CC2)CCC(C)CC1. The number of hydrogen-bond acceptors (Lipinski definition) is 2. The Morgan fingerprint density at radius 2 is 1.85 bits per heavy atom. The van der Waals surface area contributed by atoms with Gasteiger partial charge in [-0.15, -0.1) is 0 Å². The van der Waals surface area contributed by atoms with Crippen LogP contribution in [0.4, 0.5) is 0 Å². The van der Waals surface area contributed by atoms with E-state index in [9.17, 15) is 0 Å². The summed E-state index contributed by atoms with van der Waals surface area (Å²) in [7, 11) is 2.36. The highest BCUT2D eigenvalue weighted by molar-refractivity contribution is 4.92. The van der Waals surface area contributed by atoms with E-state index in [1.54, 1.807) is 0 Å². The third-order valence-electron chi connectivity index (χ3n) is 5.85. The fourth-order valence-electron chi connectivity index (χ4n) is 3.91. The van der Waals surface area contributed by atoms with Gasteiger partial charge in [-0.25, -0.2) is 0 Å². The Morgan fingerprint density at radius 1 is 1.20 bits per heavy atom. The van der Waals surface area contributed by atoms with Crippen molar-refractivity contribution in [3.63, 3.8) is 0 Å². The second-order valence-corrected chi connectivity index (χ2v) is 7.85. The standard InChI is InChI=1S/C18H36N2/c1-5-12-19-13-18(10-8-15(2)9-11-18)14-20(4)16(3)17-6-7-17/h15-17,19H,5-14H2,1-4H3. The minimum Gasteiger partial charge on any atom is -0.316 e. The average molecular weight is 281 g/mol. The molecule has 2 fully saturated rings. The molecule has 0 spiro atoms. The summed E-state index contributed by atoms with van der Waals surface area (Å²) in [5.41, 5.74) is 0.541. The monoisotopic (exact) mass is 280 g/mol. The van der Waals surface area contributed by atoms with Gasteiger partial charge >= 0.3 is 0 Å². The van der Waals surface area contributed by atoms with Crippen LogP contribution in [-0.4, -0.2) is 37.6 Å². The molecule has 0 amide bonds. The van der Waals surface area contributed by atoms with Gasteiger partial charge in [0.25, 0.3) is 0 Å². The summed E-state index contributed by atoms with van der Waals surface area (Å²) in [5.74, 6) is 1.93. The Balaban J connectivity index is 1.90. The number of nitrogens with one attached hydrogen (secondary N) is 1. The van der Waals surface area contributed by atoms with Crippen LogP contribution in [0.15, 0.2) is 0 Å². The van der Waals surface area contributed by atoms with Gasteiger partial charge < -0.3 is 10.2 Å². The molecule has 1 atom stereocenters. The zero-order chi connectivity index (χ0) is 14.6. The van der Waals surface area contributed by atoms with Gasteiger partial charge in [0.05, 0.1) is 0 Å². The van der Waals surface area contributed by atoms with Crippen LogP contribution in [0.5, 0.6) is 0 Å². The molecule has 2 aliphatic rings. The van der Waals surface area contributed by atoms with E-state index in [1.165, 1.54) is 64.6 Å². The molecule has 1 N–H and O–H groups in total. The van der Waals surface area contributed by atoms with Crippen molar-refractivity contribution in [2.24, 2.45) is 17.3 Å². The largest absolute Gasteiger partial charge is 0.316 e. The Hall–Kier alpha value is -0.0800. The van der Waals surface area contributed by atoms with E-state index >= 15 is 0 Å². The molecule has 0 bridgehead atoms. The van der Waals surface area contributed by atoms with E-state index in [1.807, 2.05) is 0 Å². The third kappa shape index (κ3) is 4.46. The van der Waals surface area contributed by atoms with E-state index in [0.29, 0.717) is 5.41 Å². The summed E-state index contributed by atoms with van der Waals surface area (Å²) in [5, 5.41) is 3.72. The van der Waals surface area contributed by atoms with Crippen LogP contribution < -0.4 is 5.32 Å². The van der Waals surface area contributed by atoms with Crippen LogP contribution in [-0.2, 0) is 0 Å². The van der Waals surface area contributed by atoms with Crippen molar-refractivity contribution in [1.82, 2.24) is 10.2 Å². The molecule has 2 nitrogen and oxygen atoms in total. The van der Waals surface area contributed by atoms with Gasteiger partial charge in [0.15, 0.2) is 0 Å². The molecule has 118 valence electrons. The lowest BCUT2D eigenvalue weighted by molar-refractivity contribution is 0.0772. The van der Waals surface area contributed by atoms with Crippen LogP contribution in [0.1, 0.15) is 65.7 Å². The average Bonchev–Trinajstić information content (AvgIpc) is 3.26. The first-order valence-electron chi connectivity index (χ1n) is 8.97. The number of hydrogen-bond donors (Lipinski definition) is 1. The van der Waals surface area contributed by atoms with E-state index in [-0.39, 0.29) is 0 Å². The Kier molecular flexibility index (Phi) is 5.92. The summed E-state index contributed by atoms with van der Waals surface area (Å²) in [6, 6.07) is 0.789. The maximum Gasteiger partial charge on any atom is 0.00923 e. The first-order valence-corrected chi connectivity index (χ1v) is 8.97. The van der Waals surface area contributed by atoms with Crippen LogP contribution in [0.2, 0.25) is 0 Å². The molecule has 0 saturated heterocycles. The fraction of sp³-hybridized carbons (Fsp3) is 1.00. The fourth-order valence-corrected chi connectivity index (χ4v) is 3.91. The normalized spacial score (nSPS) is 32.5. The minimum absolute atomic E-state index is 0.541. The lowest BCUT2D eigenvalue weighted by Crippen LogP contribution is -2.47. The highest BCUT2D eigenvalue weighted by Crippen LogP contribution is 2.41. The second kappa shape index (κ2) is 7.26. The molecule has 0 aromatic heterocycles. The highest BCUT2D eigenvalue weighted by atomic mass is 15.1. The van der Waals surface area contributed by atoms with Crippen molar-refractivity contribution in [3.8, 4) is 0 Å². The Labute approximate surface area is 126 Å². The number of nitrogens with zero attached hydrogens (tertiary/aromatic N) is 1. The molecule has 2 rings (SSSR count). The second-order valence-electron chi connectivity index (χ2n) is 7.85. The maximum absolute atomic E-state index is 3.72. The topological polar surface area (TPSA) is 15.3 Å². The van der Waals surface area contributed by atoms with Crippen molar-refractivity contribution in [1.29, 1.82) is 0 Å². The van der Waals surface area contributed by atoms with Crippen molar-refractivity contribution in [2.75, 3.05) is 26.7 Å². The summed E-state index contributed by atoms with van der Waals surface area (Å²) in [6.45, 7) is 10.8. The molecule has 0 radical (unpaired) electrons. The molecule has 0 aromatic carbocycles. The molecular weight excluding hydrogens is 244 g/mol. The lowest BCUT2D eigenvalue weighted by atomic mass is 9.70. The van der Waals surface area contributed by atoms with Crippen LogP contribution in [0.25, 0.3) is 0 Å². The zero-order valence-corrected chi connectivity index (χ0v) is 14.3. The molecule has 0 aromatic rings. The summed E-state index contributed by atoms with van der Waals surface area (Å²) in [6.07, 6.45) is 9.88. The molecule has 2 heteroatoms. The summed E-state index contributed by atoms with van der Waals surface area (Å²) < 4.78 is 0. The molecule has 20 heavy (non-hydrogen) atoms. The van der Waals surface area contributed by atoms with E-state index in [2.05, 4.69) is 38.0 Å². The van der Waals surface area contributed by atoms with E-state index < -0.39 is 0 Å². The van der Waals surface area contributed by atoms with Crippen LogP contribution in [0, 0.1) is 17.3 Å². The van der Waals surface area contributed by atoms with Crippen molar-refractivity contribution >= 4 is 0 Å². The molecular formula is C18H36N2. The first-order chi connectivity index (χ1) is 9.56. The van der Waals surface area contributed by atoms with Crippen molar-refractivity contribution in [3.05, 3.63) is 0 Å². The van der Waals surface area contributed by atoms with E-state index in [4.69, 9.17) is 0 Å².